The second-order valence-electron chi connectivity index (χ2n) is 5.87. The van der Waals surface area contributed by atoms with Crippen molar-refractivity contribution < 1.29 is 18.0 Å². The summed E-state index contributed by atoms with van der Waals surface area (Å²) in [7, 11) is 0. The van der Waals surface area contributed by atoms with Gasteiger partial charge in [0.2, 0.25) is 0 Å². The van der Waals surface area contributed by atoms with E-state index in [4.69, 9.17) is 0 Å². The summed E-state index contributed by atoms with van der Waals surface area (Å²) < 4.78 is 37.5. The van der Waals surface area contributed by atoms with Crippen LogP contribution in [0.3, 0.4) is 0 Å². The van der Waals surface area contributed by atoms with Gasteiger partial charge in [-0.05, 0) is 61.6 Å². The highest BCUT2D eigenvalue weighted by atomic mass is 19.4. The van der Waals surface area contributed by atoms with Crippen molar-refractivity contribution in [2.75, 3.05) is 0 Å². The molecule has 0 radical (unpaired) electrons. The van der Waals surface area contributed by atoms with E-state index in [0.29, 0.717) is 11.1 Å². The summed E-state index contributed by atoms with van der Waals surface area (Å²) >= 11 is 0. The standard InChI is InChI=1S/C18H19F3N2O/c1-10-7-11(2)13(4)16(12(10)3)17(24)23-9-14-5-6-15(22-8-14)18(19,20)21/h5-8H,9H2,1-4H3,(H,23,24). The van der Waals surface area contributed by atoms with Crippen molar-refractivity contribution in [2.24, 2.45) is 0 Å². The molecular formula is C18H19F3N2O. The zero-order valence-corrected chi connectivity index (χ0v) is 14.0. The summed E-state index contributed by atoms with van der Waals surface area (Å²) in [6.45, 7) is 7.78. The predicted octanol–water partition coefficient (Wildman–Crippen LogP) is 4.26. The Hall–Kier alpha value is -2.37. The fraction of sp³-hybridized carbons (Fsp3) is 0.333. The van der Waals surface area contributed by atoms with Crippen LogP contribution < -0.4 is 5.32 Å². The molecule has 1 aromatic carbocycles. The van der Waals surface area contributed by atoms with E-state index in [1.165, 1.54) is 6.07 Å². The summed E-state index contributed by atoms with van der Waals surface area (Å²) in [4.78, 5) is 15.9. The average Bonchev–Trinajstić information content (AvgIpc) is 2.51. The van der Waals surface area contributed by atoms with Crippen molar-refractivity contribution in [1.29, 1.82) is 0 Å². The van der Waals surface area contributed by atoms with E-state index in [1.807, 2.05) is 33.8 Å². The van der Waals surface area contributed by atoms with Crippen molar-refractivity contribution in [1.82, 2.24) is 10.3 Å². The zero-order valence-electron chi connectivity index (χ0n) is 14.0. The SMILES string of the molecule is Cc1cc(C)c(C)c(C(=O)NCc2ccc(C(F)(F)F)nc2)c1C. The Morgan fingerprint density at radius 1 is 1.08 bits per heavy atom. The number of nitrogens with one attached hydrogen (secondary N) is 1. The van der Waals surface area contributed by atoms with Gasteiger partial charge in [-0.1, -0.05) is 12.1 Å². The van der Waals surface area contributed by atoms with Crippen LogP contribution in [0.2, 0.25) is 0 Å². The maximum absolute atomic E-state index is 12.5. The first-order chi connectivity index (χ1) is 11.1. The molecule has 1 heterocycles. The van der Waals surface area contributed by atoms with Crippen LogP contribution in [0.5, 0.6) is 0 Å². The molecule has 1 amide bonds. The van der Waals surface area contributed by atoms with E-state index in [9.17, 15) is 18.0 Å². The first-order valence-corrected chi connectivity index (χ1v) is 7.49. The number of pyridine rings is 1. The minimum Gasteiger partial charge on any atom is -0.348 e. The number of alkyl halides is 3. The van der Waals surface area contributed by atoms with E-state index in [2.05, 4.69) is 10.3 Å². The van der Waals surface area contributed by atoms with Gasteiger partial charge < -0.3 is 5.32 Å². The molecule has 128 valence electrons. The number of aryl methyl sites for hydroxylation is 2. The van der Waals surface area contributed by atoms with E-state index in [0.717, 1.165) is 34.5 Å². The number of aromatic nitrogens is 1. The zero-order chi connectivity index (χ0) is 18.1. The van der Waals surface area contributed by atoms with Crippen LogP contribution in [0.1, 0.15) is 43.9 Å². The first kappa shape index (κ1) is 18.0. The quantitative estimate of drug-likeness (QED) is 0.910. The van der Waals surface area contributed by atoms with Gasteiger partial charge >= 0.3 is 6.18 Å². The maximum atomic E-state index is 12.5. The minimum absolute atomic E-state index is 0.121. The Labute approximate surface area is 138 Å². The molecule has 1 aromatic heterocycles. The number of amides is 1. The number of carbonyl (C=O) groups is 1. The van der Waals surface area contributed by atoms with Gasteiger partial charge in [0.25, 0.3) is 5.91 Å². The third-order valence-electron chi connectivity index (χ3n) is 4.16. The molecule has 6 heteroatoms. The number of benzene rings is 1. The lowest BCUT2D eigenvalue weighted by Gasteiger charge is -2.15. The highest BCUT2D eigenvalue weighted by Gasteiger charge is 2.32. The van der Waals surface area contributed by atoms with Crippen LogP contribution in [0.25, 0.3) is 0 Å². The molecule has 1 N–H and O–H groups in total. The van der Waals surface area contributed by atoms with Gasteiger partial charge in [0, 0.05) is 18.3 Å². The van der Waals surface area contributed by atoms with Crippen LogP contribution in [0.15, 0.2) is 24.4 Å². The smallest absolute Gasteiger partial charge is 0.348 e. The molecule has 2 rings (SSSR count). The fourth-order valence-corrected chi connectivity index (χ4v) is 2.52. The van der Waals surface area contributed by atoms with Crippen LogP contribution in [-0.2, 0) is 12.7 Å². The van der Waals surface area contributed by atoms with Crippen LogP contribution in [-0.4, -0.2) is 10.9 Å². The van der Waals surface area contributed by atoms with Gasteiger partial charge in [0.15, 0.2) is 0 Å². The molecule has 0 aliphatic heterocycles. The van der Waals surface area contributed by atoms with Crippen molar-refractivity contribution in [3.63, 3.8) is 0 Å². The Kier molecular flexibility index (Phi) is 4.96. The summed E-state index contributed by atoms with van der Waals surface area (Å²) in [6, 6.07) is 4.26. The molecule has 2 aromatic rings. The molecule has 0 bridgehead atoms. The molecule has 0 fully saturated rings. The molecule has 0 atom stereocenters. The lowest BCUT2D eigenvalue weighted by Crippen LogP contribution is -2.25. The number of rotatable bonds is 3. The van der Waals surface area contributed by atoms with Crippen LogP contribution >= 0.6 is 0 Å². The summed E-state index contributed by atoms with van der Waals surface area (Å²) in [5.74, 6) is -0.239. The Balaban J connectivity index is 2.15. The Morgan fingerprint density at radius 3 is 2.12 bits per heavy atom. The van der Waals surface area contributed by atoms with Crippen molar-refractivity contribution >= 4 is 5.91 Å². The topological polar surface area (TPSA) is 42.0 Å². The average molecular weight is 336 g/mol. The van der Waals surface area contributed by atoms with Crippen molar-refractivity contribution in [3.05, 3.63) is 63.5 Å². The van der Waals surface area contributed by atoms with Crippen LogP contribution in [0.4, 0.5) is 13.2 Å². The third kappa shape index (κ3) is 3.75. The van der Waals surface area contributed by atoms with Gasteiger partial charge in [-0.2, -0.15) is 13.2 Å². The van der Waals surface area contributed by atoms with E-state index in [-0.39, 0.29) is 12.5 Å². The molecule has 0 spiro atoms. The Bertz CT molecular complexity index is 739. The minimum atomic E-state index is -4.46. The van der Waals surface area contributed by atoms with E-state index in [1.54, 1.807) is 0 Å². The molecule has 24 heavy (non-hydrogen) atoms. The maximum Gasteiger partial charge on any atom is 0.433 e. The highest BCUT2D eigenvalue weighted by molar-refractivity contribution is 5.97. The number of hydrogen-bond acceptors (Lipinski definition) is 2. The van der Waals surface area contributed by atoms with Gasteiger partial charge in [-0.25, -0.2) is 0 Å². The second-order valence-corrected chi connectivity index (χ2v) is 5.87. The third-order valence-corrected chi connectivity index (χ3v) is 4.16. The normalized spacial score (nSPS) is 11.5. The molecule has 3 nitrogen and oxygen atoms in total. The summed E-state index contributed by atoms with van der Waals surface area (Å²) in [5, 5.41) is 2.75. The molecule has 0 saturated heterocycles. The monoisotopic (exact) mass is 336 g/mol. The van der Waals surface area contributed by atoms with Gasteiger partial charge in [0.05, 0.1) is 0 Å². The van der Waals surface area contributed by atoms with Gasteiger partial charge in [-0.15, -0.1) is 0 Å². The second kappa shape index (κ2) is 6.63. The number of nitrogens with zero attached hydrogens (tertiary/aromatic N) is 1. The van der Waals surface area contributed by atoms with E-state index < -0.39 is 11.9 Å². The molecule has 0 saturated carbocycles. The molecule has 0 aliphatic carbocycles. The van der Waals surface area contributed by atoms with E-state index >= 15 is 0 Å². The molecule has 0 unspecified atom stereocenters. The summed E-state index contributed by atoms with van der Waals surface area (Å²) in [5.41, 5.74) is 4.04. The highest BCUT2D eigenvalue weighted by Crippen LogP contribution is 2.27. The summed E-state index contributed by atoms with van der Waals surface area (Å²) in [6.07, 6.45) is -3.33. The van der Waals surface area contributed by atoms with Crippen molar-refractivity contribution in [3.8, 4) is 0 Å². The first-order valence-electron chi connectivity index (χ1n) is 7.49. The molecule has 0 aliphatic rings. The fourth-order valence-electron chi connectivity index (χ4n) is 2.52. The lowest BCUT2D eigenvalue weighted by molar-refractivity contribution is -0.141. The largest absolute Gasteiger partial charge is 0.433 e. The Morgan fingerprint density at radius 2 is 1.67 bits per heavy atom. The van der Waals surface area contributed by atoms with Gasteiger partial charge in [0.1, 0.15) is 5.69 Å². The van der Waals surface area contributed by atoms with Gasteiger partial charge in [-0.3, -0.25) is 9.78 Å². The number of hydrogen-bond donors (Lipinski definition) is 1. The van der Waals surface area contributed by atoms with Crippen LogP contribution in [0, 0.1) is 27.7 Å². The van der Waals surface area contributed by atoms with Crippen molar-refractivity contribution in [2.45, 2.75) is 40.4 Å². The number of halogens is 3. The number of carbonyl (C=O) groups excluding carboxylic acids is 1. The lowest BCUT2D eigenvalue weighted by atomic mass is 9.94. The molecular weight excluding hydrogens is 317 g/mol. The predicted molar refractivity (Wildman–Crippen MR) is 85.8 cm³/mol.